The van der Waals surface area contributed by atoms with E-state index in [1.54, 1.807) is 0 Å². The minimum absolute atomic E-state index is 0.0898. The summed E-state index contributed by atoms with van der Waals surface area (Å²) >= 11 is 0. The number of hydrogen-bond acceptors (Lipinski definition) is 6. The number of rotatable bonds is 14. The molecular weight excluding hydrogens is 490 g/mol. The third-order valence-electron chi connectivity index (χ3n) is 8.28. The fourth-order valence-electron chi connectivity index (χ4n) is 6.26. The van der Waals surface area contributed by atoms with E-state index in [-0.39, 0.29) is 5.41 Å². The summed E-state index contributed by atoms with van der Waals surface area (Å²) in [7, 11) is -1.28. The van der Waals surface area contributed by atoms with E-state index < -0.39 is 14.6 Å². The van der Waals surface area contributed by atoms with Crippen molar-refractivity contribution in [1.29, 1.82) is 0 Å². The van der Waals surface area contributed by atoms with Crippen molar-refractivity contribution in [3.05, 3.63) is 47.5 Å². The van der Waals surface area contributed by atoms with Crippen molar-refractivity contribution in [1.82, 2.24) is 0 Å². The van der Waals surface area contributed by atoms with Crippen molar-refractivity contribution < 1.29 is 27.9 Å². The van der Waals surface area contributed by atoms with Gasteiger partial charge in [-0.05, 0) is 72.2 Å². The molecule has 2 fully saturated rings. The van der Waals surface area contributed by atoms with Gasteiger partial charge >= 0.3 is 14.6 Å². The van der Waals surface area contributed by atoms with E-state index in [0.29, 0.717) is 26.4 Å². The molecule has 3 aliphatic rings. The van der Waals surface area contributed by atoms with Crippen LogP contribution in [0.15, 0.2) is 36.4 Å². The monoisotopic (exact) mass is 534 g/mol. The van der Waals surface area contributed by atoms with E-state index >= 15 is 0 Å². The van der Waals surface area contributed by atoms with Gasteiger partial charge in [-0.3, -0.25) is 0 Å². The van der Waals surface area contributed by atoms with Crippen LogP contribution in [-0.4, -0.2) is 41.1 Å². The van der Waals surface area contributed by atoms with Gasteiger partial charge in [-0.2, -0.15) is 0 Å². The van der Waals surface area contributed by atoms with Gasteiger partial charge in [0.1, 0.15) is 11.5 Å². The van der Waals surface area contributed by atoms with Gasteiger partial charge in [0, 0.05) is 31.8 Å². The van der Waals surface area contributed by atoms with Crippen LogP contribution in [-0.2, 0) is 24.0 Å². The van der Waals surface area contributed by atoms with Crippen molar-refractivity contribution in [3.63, 3.8) is 0 Å². The zero-order chi connectivity index (χ0) is 26.9. The van der Waals surface area contributed by atoms with E-state index in [1.807, 2.05) is 0 Å². The van der Waals surface area contributed by atoms with Gasteiger partial charge in [0.05, 0.1) is 0 Å². The first-order chi connectivity index (χ1) is 19.2. The average Bonchev–Trinajstić information content (AvgIpc) is 3.23. The number of hydrogen-bond donors (Lipinski definition) is 0. The van der Waals surface area contributed by atoms with Gasteiger partial charge < -0.3 is 27.9 Å². The molecule has 0 amide bonds. The Morgan fingerprint density at radius 1 is 0.615 bits per heavy atom. The summed E-state index contributed by atoms with van der Waals surface area (Å²) in [6, 6.07) is 13.1. The molecule has 0 atom stereocenters. The fraction of sp³-hybridized carbons (Fsp3) is 0.613. The van der Waals surface area contributed by atoms with Gasteiger partial charge in [-0.15, -0.1) is 0 Å². The molecule has 39 heavy (non-hydrogen) atoms. The van der Waals surface area contributed by atoms with Crippen molar-refractivity contribution >= 4 is 14.6 Å². The minimum atomic E-state index is -0.639. The molecule has 2 heterocycles. The summed E-state index contributed by atoms with van der Waals surface area (Å²) in [5, 5.41) is 0. The Morgan fingerprint density at radius 2 is 1.05 bits per heavy atom. The Kier molecular flexibility index (Phi) is 10.3. The van der Waals surface area contributed by atoms with E-state index in [2.05, 4.69) is 50.2 Å². The second kappa shape index (κ2) is 14.1. The predicted octanol–water partition coefficient (Wildman–Crippen LogP) is 7.50. The van der Waals surface area contributed by atoms with Crippen LogP contribution in [0.3, 0.4) is 0 Å². The molecule has 8 heteroatoms. The Hall–Kier alpha value is -1.99. The molecule has 2 saturated heterocycles. The molecule has 0 radical (unpaired) electrons. The molecule has 210 valence electrons. The van der Waals surface area contributed by atoms with Crippen molar-refractivity contribution in [2.75, 3.05) is 26.4 Å². The first kappa shape index (κ1) is 28.5. The predicted molar refractivity (Wildman–Crippen MR) is 156 cm³/mol. The van der Waals surface area contributed by atoms with Crippen LogP contribution < -0.4 is 9.31 Å². The third kappa shape index (κ3) is 6.84. The summed E-state index contributed by atoms with van der Waals surface area (Å²) in [6.07, 6.45) is 13.9. The Bertz CT molecular complexity index is 968. The quantitative estimate of drug-likeness (QED) is 0.185. The molecule has 5 rings (SSSR count). The molecule has 0 saturated carbocycles. The number of benzene rings is 2. The fourth-order valence-corrected chi connectivity index (χ4v) is 6.26. The van der Waals surface area contributed by atoms with Gasteiger partial charge in [-0.25, -0.2) is 0 Å². The van der Waals surface area contributed by atoms with Crippen molar-refractivity contribution in [2.45, 2.75) is 96.3 Å². The van der Waals surface area contributed by atoms with Gasteiger partial charge in [0.25, 0.3) is 0 Å². The Balaban J connectivity index is 1.50. The smallest absolute Gasteiger partial charge is 0.512 e. The molecule has 0 aromatic heterocycles. The van der Waals surface area contributed by atoms with Crippen molar-refractivity contribution in [3.8, 4) is 22.6 Å². The average molecular weight is 534 g/mol. The topological polar surface area (TPSA) is 55.4 Å². The highest BCUT2D eigenvalue weighted by molar-refractivity contribution is 6.38. The lowest BCUT2D eigenvalue weighted by Crippen LogP contribution is -2.35. The van der Waals surface area contributed by atoms with E-state index in [1.165, 1.54) is 73.6 Å². The second-order valence-corrected chi connectivity index (χ2v) is 11.1. The van der Waals surface area contributed by atoms with Crippen LogP contribution in [0.5, 0.6) is 11.5 Å². The number of unbranched alkanes of at least 4 members (excludes halogenated alkanes) is 6. The Morgan fingerprint density at radius 3 is 1.46 bits per heavy atom. The lowest BCUT2D eigenvalue weighted by molar-refractivity contribution is 0.0879. The molecule has 2 aliphatic heterocycles. The highest BCUT2D eigenvalue weighted by atomic mass is 16.7. The zero-order valence-corrected chi connectivity index (χ0v) is 23.9. The summed E-state index contributed by atoms with van der Waals surface area (Å²) in [6.45, 7) is 7.21. The van der Waals surface area contributed by atoms with Crippen molar-refractivity contribution in [2.24, 2.45) is 0 Å². The lowest BCUT2D eigenvalue weighted by atomic mass is 9.70. The maximum absolute atomic E-state index is 6.18. The van der Waals surface area contributed by atoms with Gasteiger partial charge in [0.2, 0.25) is 0 Å². The maximum Gasteiger partial charge on any atom is 0.713 e. The standard InChI is InChI=1S/C31H44B2O6/c1-3-5-7-9-17-31(18-10-8-6-4-2)29-23-25(38-32-34-19-11-20-35-32)13-15-27(29)28-16-14-26(24-30(28)31)39-33-36-21-12-22-37-33/h13-16,23-24H,3-12,17-22H2,1-2H3. The molecule has 2 aromatic carbocycles. The van der Waals surface area contributed by atoms with Crippen LogP contribution >= 0.6 is 0 Å². The molecule has 0 spiro atoms. The van der Waals surface area contributed by atoms with Crippen LogP contribution in [0.2, 0.25) is 0 Å². The summed E-state index contributed by atoms with van der Waals surface area (Å²) < 4.78 is 35.2. The van der Waals surface area contributed by atoms with Crippen LogP contribution in [0, 0.1) is 0 Å². The Labute approximate surface area is 235 Å². The molecule has 0 unspecified atom stereocenters. The molecule has 6 nitrogen and oxygen atoms in total. The zero-order valence-electron chi connectivity index (χ0n) is 23.9. The van der Waals surface area contributed by atoms with E-state index in [9.17, 15) is 0 Å². The summed E-state index contributed by atoms with van der Waals surface area (Å²) in [5.74, 6) is 1.61. The normalized spacial score (nSPS) is 18.1. The lowest BCUT2D eigenvalue weighted by Gasteiger charge is -2.33. The molecule has 0 N–H and O–H groups in total. The van der Waals surface area contributed by atoms with Gasteiger partial charge in [-0.1, -0.05) is 77.3 Å². The molecule has 1 aliphatic carbocycles. The highest BCUT2D eigenvalue weighted by Gasteiger charge is 2.43. The summed E-state index contributed by atoms with van der Waals surface area (Å²) in [5.41, 5.74) is 5.23. The SMILES string of the molecule is CCCCCCC1(CCCCCC)c2cc(OB3OCCCO3)ccc2-c2ccc(OB3OCCCO3)cc21. The van der Waals surface area contributed by atoms with Crippen LogP contribution in [0.1, 0.15) is 102 Å². The highest BCUT2D eigenvalue weighted by Crippen LogP contribution is 2.55. The molecule has 0 bridgehead atoms. The van der Waals surface area contributed by atoms with E-state index in [0.717, 1.165) is 37.2 Å². The molecule has 2 aromatic rings. The first-order valence-corrected chi connectivity index (χ1v) is 15.3. The van der Waals surface area contributed by atoms with Crippen LogP contribution in [0.4, 0.5) is 0 Å². The largest absolute Gasteiger partial charge is 0.713 e. The maximum atomic E-state index is 6.18. The minimum Gasteiger partial charge on any atom is -0.512 e. The molecular formula is C31H44B2O6. The number of fused-ring (bicyclic) bond motifs is 3. The summed E-state index contributed by atoms with van der Waals surface area (Å²) in [4.78, 5) is 0. The van der Waals surface area contributed by atoms with Gasteiger partial charge in [0.15, 0.2) is 0 Å². The first-order valence-electron chi connectivity index (χ1n) is 15.3. The van der Waals surface area contributed by atoms with E-state index in [4.69, 9.17) is 27.9 Å². The second-order valence-electron chi connectivity index (χ2n) is 11.1. The van der Waals surface area contributed by atoms with Crippen LogP contribution in [0.25, 0.3) is 11.1 Å². The third-order valence-corrected chi connectivity index (χ3v) is 8.28.